The molecule has 0 atom stereocenters. The van der Waals surface area contributed by atoms with Gasteiger partial charge < -0.3 is 59.4 Å². The first-order chi connectivity index (χ1) is 59.5. The van der Waals surface area contributed by atoms with E-state index in [0.717, 1.165) is 278 Å². The molecule has 26 heteroatoms. The van der Waals surface area contributed by atoms with Gasteiger partial charge in [-0.15, -0.1) is 0 Å². The van der Waals surface area contributed by atoms with Crippen molar-refractivity contribution in [3.8, 4) is 56.8 Å². The fourth-order valence-electron chi connectivity index (χ4n) is 18.0. The highest BCUT2D eigenvalue weighted by Gasteiger charge is 2.41. The topological polar surface area (TPSA) is 325 Å². The molecule has 0 saturated carbocycles. The second kappa shape index (κ2) is 34.7. The van der Waals surface area contributed by atoms with E-state index in [-0.39, 0.29) is 28.6 Å². The van der Waals surface area contributed by atoms with Gasteiger partial charge in [-0.2, -0.15) is 0 Å². The lowest BCUT2D eigenvalue weighted by Gasteiger charge is -2.39. The molecule has 6 aromatic carbocycles. The molecule has 124 heavy (non-hydrogen) atoms. The van der Waals surface area contributed by atoms with E-state index in [1.54, 1.807) is 64.6 Å². The number of nitrogens with one attached hydrogen (secondary N) is 3. The Morgan fingerprint density at radius 1 is 0.444 bits per heavy atom. The number of aromatic nitrogens is 12. The van der Waals surface area contributed by atoms with Gasteiger partial charge in [0.15, 0.2) is 16.4 Å². The Balaban J connectivity index is 0.000000138. The third-order valence-corrected chi connectivity index (χ3v) is 26.5. The molecular formula is C98H106N16O9S. The number of hydrogen-bond acceptors (Lipinski definition) is 20. The average molecular weight is 1680 g/mol. The Morgan fingerprint density at radius 3 is 1.04 bits per heavy atom. The lowest BCUT2D eigenvalue weighted by molar-refractivity contribution is -0.139. The molecule has 6 aliphatic rings. The van der Waals surface area contributed by atoms with Crippen LogP contribution in [0.3, 0.4) is 0 Å². The van der Waals surface area contributed by atoms with Crippen LogP contribution in [0.5, 0.6) is 23.0 Å². The molecule has 3 aliphatic carbocycles. The number of carbonyl (C=O) groups is 2. The van der Waals surface area contributed by atoms with Gasteiger partial charge in [-0.1, -0.05) is 69.3 Å². The predicted molar refractivity (Wildman–Crippen MR) is 487 cm³/mol. The van der Waals surface area contributed by atoms with Crippen molar-refractivity contribution in [2.24, 2.45) is 5.73 Å². The largest absolute Gasteiger partial charge is 0.496 e. The molecular weight excluding hydrogens is 1580 g/mol. The van der Waals surface area contributed by atoms with Gasteiger partial charge in [-0.05, 0) is 233 Å². The number of ether oxygens (including phenoxy) is 4. The number of nitrogens with two attached hydrogens (primary N) is 1. The molecule has 9 heterocycles. The molecule has 0 spiro atoms. The van der Waals surface area contributed by atoms with Crippen LogP contribution in [0.2, 0.25) is 0 Å². The number of rotatable bonds is 21. The molecule has 0 bridgehead atoms. The first-order valence-corrected chi connectivity index (χ1v) is 44.3. The van der Waals surface area contributed by atoms with Crippen LogP contribution in [-0.2, 0) is 55.9 Å². The Labute approximate surface area is 723 Å². The van der Waals surface area contributed by atoms with Crippen molar-refractivity contribution in [2.75, 3.05) is 88.2 Å². The summed E-state index contributed by atoms with van der Waals surface area (Å²) in [4.78, 5) is 83.4. The molecule has 1 amide bonds. The van der Waals surface area contributed by atoms with Gasteiger partial charge in [-0.3, -0.25) is 4.79 Å². The van der Waals surface area contributed by atoms with E-state index in [0.29, 0.717) is 11.3 Å². The van der Waals surface area contributed by atoms with Crippen molar-refractivity contribution in [3.63, 3.8) is 0 Å². The first-order valence-electron chi connectivity index (χ1n) is 42.2. The second-order valence-corrected chi connectivity index (χ2v) is 36.6. The quantitative estimate of drug-likeness (QED) is 0.0446. The number of H-pyrrole nitrogens is 3. The smallest absolute Gasteiger partial charge is 0.341 e. The Bertz CT molecular complexity index is 6280. The minimum absolute atomic E-state index is 0.0517. The van der Waals surface area contributed by atoms with Crippen LogP contribution < -0.4 is 39.4 Å². The van der Waals surface area contributed by atoms with Crippen LogP contribution in [0, 0.1) is 41.5 Å². The van der Waals surface area contributed by atoms with E-state index in [2.05, 4.69) is 162 Å². The number of carbonyl (C=O) groups excluding carboxylic acids is 1. The van der Waals surface area contributed by atoms with Crippen LogP contribution in [0.15, 0.2) is 146 Å². The number of primary amides is 1. The number of amides is 1. The highest BCUT2D eigenvalue weighted by molar-refractivity contribution is 7.89. The van der Waals surface area contributed by atoms with Gasteiger partial charge in [-0.25, -0.2) is 58.1 Å². The Kier molecular flexibility index (Phi) is 23.6. The zero-order valence-corrected chi connectivity index (χ0v) is 73.5. The number of benzene rings is 6. The number of aromatic amines is 3. The van der Waals surface area contributed by atoms with Crippen LogP contribution in [0.1, 0.15) is 177 Å². The number of allylic oxidation sites excluding steroid dienone is 3. The number of carboxylic acid groups (broad SMARTS) is 1. The number of fused-ring (bicyclic) bond motifs is 3. The molecule has 0 unspecified atom stereocenters. The monoisotopic (exact) mass is 1680 g/mol. The molecule has 6 aromatic heterocycles. The number of imidazole rings is 3. The average Bonchev–Trinajstić information content (AvgIpc) is 1.60. The minimum Gasteiger partial charge on any atom is -0.496 e. The molecule has 3 saturated heterocycles. The van der Waals surface area contributed by atoms with Gasteiger partial charge >= 0.3 is 5.97 Å². The summed E-state index contributed by atoms with van der Waals surface area (Å²) < 4.78 is 44.9. The molecule has 6 N–H and O–H groups in total. The number of aliphatic carboxylic acids is 1. The van der Waals surface area contributed by atoms with E-state index in [9.17, 15) is 18.0 Å². The summed E-state index contributed by atoms with van der Waals surface area (Å²) in [5, 5.41) is 8.84. The summed E-state index contributed by atoms with van der Waals surface area (Å²) in [6.07, 6.45) is 20.8. The van der Waals surface area contributed by atoms with Crippen molar-refractivity contribution in [3.05, 3.63) is 259 Å². The SMILES string of the molecule is COc1ccc(-c2nc(C3(C)CCN(c4ncnc5c4C=C(c4ccc(C(N)=O)cc4)C5)CC3)[nH]c2C)cc1C.COc1ccc(-c2nc(C3(C)CCN(c4ncnc5c4C=C(c4ccc(CS(C)(=O)=O)cc4)C5)CC3)[nH]c2C)cc1C.COc1ccc(-c2nc(C3(C)CCN(c4ncnc5c4C=C(c4ccc(OCC(=O)O)cc4)C5)CC3)[nH]c2C)cc1C. The number of piperidine rings is 3. The summed E-state index contributed by atoms with van der Waals surface area (Å²) in [5.74, 6) is 7.88. The number of hydrogen-bond donors (Lipinski definition) is 5. The van der Waals surface area contributed by atoms with Crippen molar-refractivity contribution in [1.29, 1.82) is 0 Å². The summed E-state index contributed by atoms with van der Waals surface area (Å²) in [6.45, 7) is 24.3. The van der Waals surface area contributed by atoms with Crippen LogP contribution >= 0.6 is 0 Å². The summed E-state index contributed by atoms with van der Waals surface area (Å²) in [5.41, 5.74) is 32.4. The van der Waals surface area contributed by atoms with Crippen molar-refractivity contribution in [2.45, 2.75) is 142 Å². The third kappa shape index (κ3) is 17.7. The molecule has 25 nitrogen and oxygen atoms in total. The number of aryl methyl sites for hydroxylation is 6. The van der Waals surface area contributed by atoms with E-state index in [1.807, 2.05) is 66.7 Å². The lowest BCUT2D eigenvalue weighted by Crippen LogP contribution is -2.42. The number of carboxylic acids is 1. The molecule has 3 aliphatic heterocycles. The standard InChI is InChI=1S/C33H35N5O4.C33H37N5O3S.C32H34N6O2/c1-20-15-23(7-10-28(20)41-4)30-21(2)36-32(37-30)33(3)11-13-38(14-12-33)31-26-16-24(17-27(26)34-19-35-31)22-5-8-25(9-6-22)42-18-29(39)40;1-21-16-25(10-11-29(21)41-4)30-22(2)36-32(37-30)33(3)12-14-38(15-13-33)31-27-17-26(18-28(27)34-20-35-31)24-8-6-23(7-9-24)19-42(5,39)40;1-19-15-23(9-10-27(19)40-4)28-20(2)36-31(37-28)32(3)11-13-38(14-12-32)30-25-16-24(17-26(25)34-18-35-30)21-5-7-22(8-6-21)29(33)39/h5-10,15-16,19H,11-14,17-18H2,1-4H3,(H,36,37)(H,39,40);6-11,16-17,20H,12-15,18-19H2,1-5H3,(H,36,37);5-10,15-16,18H,11-14,17H2,1-4H3,(H2,33,39)(H,36,37). The third-order valence-electron chi connectivity index (χ3n) is 25.6. The highest BCUT2D eigenvalue weighted by Crippen LogP contribution is 2.46. The van der Waals surface area contributed by atoms with Crippen LogP contribution in [0.4, 0.5) is 17.5 Å². The van der Waals surface area contributed by atoms with Crippen molar-refractivity contribution >= 4 is 74.1 Å². The second-order valence-electron chi connectivity index (χ2n) is 34.5. The van der Waals surface area contributed by atoms with E-state index in [1.165, 1.54) is 17.4 Å². The van der Waals surface area contributed by atoms with Crippen LogP contribution in [-0.4, -0.2) is 159 Å². The number of sulfone groups is 1. The predicted octanol–water partition coefficient (Wildman–Crippen LogP) is 16.5. The first kappa shape index (κ1) is 84.5. The van der Waals surface area contributed by atoms with Gasteiger partial charge in [0, 0.05) is 137 Å². The summed E-state index contributed by atoms with van der Waals surface area (Å²) in [7, 11) is 2.03. The zero-order valence-electron chi connectivity index (χ0n) is 72.7. The van der Waals surface area contributed by atoms with Gasteiger partial charge in [0.05, 0.1) is 61.2 Å². The fourth-order valence-corrected chi connectivity index (χ4v) is 18.8. The van der Waals surface area contributed by atoms with Gasteiger partial charge in [0.1, 0.15) is 76.9 Å². The van der Waals surface area contributed by atoms with Crippen LogP contribution in [0.25, 0.3) is 68.7 Å². The lowest BCUT2D eigenvalue weighted by atomic mass is 9.79. The van der Waals surface area contributed by atoms with E-state index >= 15 is 0 Å². The maximum atomic E-state index is 11.7. The Morgan fingerprint density at radius 2 is 0.750 bits per heavy atom. The summed E-state index contributed by atoms with van der Waals surface area (Å²) >= 11 is 0. The molecule has 18 rings (SSSR count). The fraction of sp³-hybridized carbons (Fsp3) is 0.337. The summed E-state index contributed by atoms with van der Waals surface area (Å²) in [6, 6.07) is 41.4. The maximum Gasteiger partial charge on any atom is 0.341 e. The molecule has 3 fully saturated rings. The van der Waals surface area contributed by atoms with E-state index < -0.39 is 21.7 Å². The van der Waals surface area contributed by atoms with Gasteiger partial charge in [0.25, 0.3) is 0 Å². The molecule has 12 aromatic rings. The molecule has 638 valence electrons. The number of anilines is 3. The number of nitrogens with zero attached hydrogens (tertiary/aromatic N) is 12. The normalized spacial score (nSPS) is 16.0. The van der Waals surface area contributed by atoms with Crippen molar-refractivity contribution in [1.82, 2.24) is 59.8 Å². The van der Waals surface area contributed by atoms with Gasteiger partial charge in [0.2, 0.25) is 5.91 Å². The number of methoxy groups -OCH3 is 3. The van der Waals surface area contributed by atoms with Crippen molar-refractivity contribution < 1.29 is 42.1 Å². The Hall–Kier alpha value is -13.1. The molecule has 0 radical (unpaired) electrons. The van der Waals surface area contributed by atoms with E-state index in [4.69, 9.17) is 59.7 Å². The maximum absolute atomic E-state index is 11.7. The minimum atomic E-state index is -3.06. The zero-order chi connectivity index (χ0) is 87.1. The highest BCUT2D eigenvalue weighted by atomic mass is 32.2.